The van der Waals surface area contributed by atoms with E-state index >= 15 is 0 Å². The molecular formula is C13H14F3NO2S. The molecule has 1 aliphatic heterocycles. The summed E-state index contributed by atoms with van der Waals surface area (Å²) in [7, 11) is 0. The number of amides is 1. The molecule has 0 bridgehead atoms. The molecule has 2 rings (SSSR count). The quantitative estimate of drug-likeness (QED) is 0.883. The van der Waals surface area contributed by atoms with E-state index in [0.717, 1.165) is 12.1 Å². The molecule has 0 aliphatic carbocycles. The lowest BCUT2D eigenvalue weighted by atomic mass is 10.0. The summed E-state index contributed by atoms with van der Waals surface area (Å²) in [5.41, 5.74) is -1.73. The number of hydrogen-bond donors (Lipinski definition) is 2. The van der Waals surface area contributed by atoms with Crippen molar-refractivity contribution in [3.8, 4) is 0 Å². The Hall–Kier alpha value is -1.21. The molecule has 1 fully saturated rings. The first-order chi connectivity index (χ1) is 9.22. The minimum atomic E-state index is -4.46. The number of nitrogens with one attached hydrogen (secondary N) is 1. The van der Waals surface area contributed by atoms with Crippen molar-refractivity contribution < 1.29 is 23.1 Å². The van der Waals surface area contributed by atoms with Crippen LogP contribution in [0.1, 0.15) is 17.5 Å². The molecule has 3 nitrogen and oxygen atoms in total. The highest BCUT2D eigenvalue weighted by atomic mass is 32.2. The molecular weight excluding hydrogens is 291 g/mol. The Kier molecular flexibility index (Phi) is 4.02. The maximum Gasteiger partial charge on any atom is 0.416 e. The van der Waals surface area contributed by atoms with Crippen molar-refractivity contribution in [2.24, 2.45) is 0 Å². The molecule has 0 radical (unpaired) electrons. The number of alkyl halides is 3. The fraction of sp³-hybridized carbons (Fsp3) is 0.462. The van der Waals surface area contributed by atoms with Crippen LogP contribution in [0.5, 0.6) is 0 Å². The molecule has 0 saturated carbocycles. The van der Waals surface area contributed by atoms with Crippen molar-refractivity contribution in [2.45, 2.75) is 25.1 Å². The van der Waals surface area contributed by atoms with Crippen LogP contribution in [0.2, 0.25) is 0 Å². The molecule has 1 unspecified atom stereocenters. The van der Waals surface area contributed by atoms with Crippen LogP contribution in [0.4, 0.5) is 18.9 Å². The van der Waals surface area contributed by atoms with Gasteiger partial charge in [-0.3, -0.25) is 4.79 Å². The summed E-state index contributed by atoms with van der Waals surface area (Å²) >= 11 is 1.44. The number of rotatable bonds is 2. The van der Waals surface area contributed by atoms with E-state index in [-0.39, 0.29) is 11.4 Å². The number of anilines is 1. The van der Waals surface area contributed by atoms with Gasteiger partial charge in [0.15, 0.2) is 5.60 Å². The van der Waals surface area contributed by atoms with Crippen molar-refractivity contribution in [3.63, 3.8) is 0 Å². The van der Waals surface area contributed by atoms with Gasteiger partial charge in [-0.05, 0) is 36.8 Å². The number of halogens is 3. The molecule has 20 heavy (non-hydrogen) atoms. The maximum absolute atomic E-state index is 12.6. The molecule has 1 amide bonds. The number of aliphatic hydroxyl groups is 1. The summed E-state index contributed by atoms with van der Waals surface area (Å²) in [6, 6.07) is 3.15. The highest BCUT2D eigenvalue weighted by Crippen LogP contribution is 2.33. The predicted octanol–water partition coefficient (Wildman–Crippen LogP) is 2.82. The van der Waals surface area contributed by atoms with Gasteiger partial charge in [0, 0.05) is 11.4 Å². The van der Waals surface area contributed by atoms with Crippen molar-refractivity contribution >= 4 is 23.4 Å². The summed E-state index contributed by atoms with van der Waals surface area (Å²) in [6.07, 6.45) is -4.16. The lowest BCUT2D eigenvalue weighted by molar-refractivity contribution is -0.137. The van der Waals surface area contributed by atoms with Crippen LogP contribution >= 0.6 is 11.8 Å². The summed E-state index contributed by atoms with van der Waals surface area (Å²) in [5, 5.41) is 12.5. The Labute approximate surface area is 118 Å². The largest absolute Gasteiger partial charge is 0.416 e. The van der Waals surface area contributed by atoms with Gasteiger partial charge in [0.05, 0.1) is 5.56 Å². The van der Waals surface area contributed by atoms with Crippen LogP contribution in [-0.4, -0.2) is 28.1 Å². The van der Waals surface area contributed by atoms with Gasteiger partial charge in [0.2, 0.25) is 0 Å². The minimum absolute atomic E-state index is 0.0788. The van der Waals surface area contributed by atoms with Gasteiger partial charge >= 0.3 is 6.18 Å². The zero-order valence-corrected chi connectivity index (χ0v) is 11.6. The normalized spacial score (nSPS) is 22.9. The van der Waals surface area contributed by atoms with E-state index in [0.29, 0.717) is 17.7 Å². The first-order valence-electron chi connectivity index (χ1n) is 6.02. The monoisotopic (exact) mass is 305 g/mol. The van der Waals surface area contributed by atoms with Gasteiger partial charge in [-0.2, -0.15) is 24.9 Å². The Bertz CT molecular complexity index is 525. The second-order valence-corrected chi connectivity index (χ2v) is 5.92. The number of aryl methyl sites for hydroxylation is 1. The molecule has 1 aromatic rings. The van der Waals surface area contributed by atoms with Crippen molar-refractivity contribution in [2.75, 3.05) is 16.8 Å². The smallest absolute Gasteiger partial charge is 0.379 e. The highest BCUT2D eigenvalue weighted by molar-refractivity contribution is 7.99. The third-order valence-electron chi connectivity index (χ3n) is 3.24. The molecule has 1 aliphatic rings. The van der Waals surface area contributed by atoms with Crippen LogP contribution < -0.4 is 5.32 Å². The summed E-state index contributed by atoms with van der Waals surface area (Å²) in [6.45, 7) is 1.60. The summed E-state index contributed by atoms with van der Waals surface area (Å²) in [5.74, 6) is 0.271. The molecule has 1 atom stereocenters. The van der Waals surface area contributed by atoms with E-state index < -0.39 is 23.2 Å². The van der Waals surface area contributed by atoms with Gasteiger partial charge in [0.25, 0.3) is 5.91 Å². The number of carbonyl (C=O) groups is 1. The van der Waals surface area contributed by atoms with E-state index in [1.165, 1.54) is 17.8 Å². The second kappa shape index (κ2) is 5.29. The van der Waals surface area contributed by atoms with Crippen molar-refractivity contribution in [1.82, 2.24) is 0 Å². The van der Waals surface area contributed by atoms with E-state index in [1.807, 2.05) is 0 Å². The standard InChI is InChI=1S/C13H14F3NO2S/c1-8-2-3-9(13(14,15)16)6-10(8)17-11(18)12(19)4-5-20-7-12/h2-3,6,19H,4-5,7H2,1H3,(H,17,18). The van der Waals surface area contributed by atoms with E-state index in [4.69, 9.17) is 0 Å². The van der Waals surface area contributed by atoms with Crippen LogP contribution in [0.25, 0.3) is 0 Å². The third kappa shape index (κ3) is 3.09. The fourth-order valence-corrected chi connectivity index (χ4v) is 3.14. The number of carbonyl (C=O) groups excluding carboxylic acids is 1. The van der Waals surface area contributed by atoms with Gasteiger partial charge in [-0.25, -0.2) is 0 Å². The summed E-state index contributed by atoms with van der Waals surface area (Å²) in [4.78, 5) is 12.0. The minimum Gasteiger partial charge on any atom is -0.379 e. The van der Waals surface area contributed by atoms with Gasteiger partial charge in [0.1, 0.15) is 0 Å². The number of hydrogen-bond acceptors (Lipinski definition) is 3. The average Bonchev–Trinajstić information content (AvgIpc) is 2.79. The fourth-order valence-electron chi connectivity index (χ4n) is 1.90. The van der Waals surface area contributed by atoms with Crippen molar-refractivity contribution in [3.05, 3.63) is 29.3 Å². The molecule has 1 aromatic carbocycles. The molecule has 1 saturated heterocycles. The van der Waals surface area contributed by atoms with Gasteiger partial charge in [-0.1, -0.05) is 6.07 Å². The van der Waals surface area contributed by atoms with Crippen molar-refractivity contribution in [1.29, 1.82) is 0 Å². The predicted molar refractivity (Wildman–Crippen MR) is 71.7 cm³/mol. The molecule has 0 aromatic heterocycles. The van der Waals surface area contributed by atoms with Crippen LogP contribution in [0, 0.1) is 6.92 Å². The third-order valence-corrected chi connectivity index (χ3v) is 4.41. The summed E-state index contributed by atoms with van der Waals surface area (Å²) < 4.78 is 37.9. The first kappa shape index (κ1) is 15.2. The Morgan fingerprint density at radius 2 is 2.15 bits per heavy atom. The molecule has 2 N–H and O–H groups in total. The number of thioether (sulfide) groups is 1. The van der Waals surface area contributed by atoms with E-state index in [9.17, 15) is 23.1 Å². The van der Waals surface area contributed by atoms with E-state index in [1.54, 1.807) is 6.92 Å². The Balaban J connectivity index is 2.22. The molecule has 110 valence electrons. The lowest BCUT2D eigenvalue weighted by Crippen LogP contribution is -2.43. The SMILES string of the molecule is Cc1ccc(C(F)(F)F)cc1NC(=O)C1(O)CCSC1. The van der Waals surface area contributed by atoms with Crippen LogP contribution in [0.3, 0.4) is 0 Å². The average molecular weight is 305 g/mol. The van der Waals surface area contributed by atoms with Crippen LogP contribution in [-0.2, 0) is 11.0 Å². The Morgan fingerprint density at radius 1 is 1.45 bits per heavy atom. The Morgan fingerprint density at radius 3 is 2.70 bits per heavy atom. The van der Waals surface area contributed by atoms with Gasteiger partial charge in [-0.15, -0.1) is 0 Å². The zero-order valence-electron chi connectivity index (χ0n) is 10.8. The second-order valence-electron chi connectivity index (χ2n) is 4.82. The molecule has 7 heteroatoms. The maximum atomic E-state index is 12.6. The zero-order chi connectivity index (χ0) is 15.0. The highest BCUT2D eigenvalue weighted by Gasteiger charge is 2.40. The van der Waals surface area contributed by atoms with Gasteiger partial charge < -0.3 is 10.4 Å². The van der Waals surface area contributed by atoms with E-state index in [2.05, 4.69) is 5.32 Å². The number of benzene rings is 1. The molecule has 1 heterocycles. The van der Waals surface area contributed by atoms with Crippen LogP contribution in [0.15, 0.2) is 18.2 Å². The lowest BCUT2D eigenvalue weighted by Gasteiger charge is -2.21. The molecule has 0 spiro atoms. The first-order valence-corrected chi connectivity index (χ1v) is 7.17. The topological polar surface area (TPSA) is 49.3 Å².